The number of nitrogens with one attached hydrogen (secondary N) is 1. The molecule has 170 valence electrons. The first kappa shape index (κ1) is 22.8. The molecule has 0 aliphatic heterocycles. The SMILES string of the molecule is Nc1ncc(C(=O)NCCO)c2scc(COc3cccc(OCc4ccc(Cl)cc4)c3)c12. The van der Waals surface area contributed by atoms with Gasteiger partial charge in [-0.3, -0.25) is 4.79 Å². The number of amides is 1. The summed E-state index contributed by atoms with van der Waals surface area (Å²) in [6, 6.07) is 14.9. The first-order valence-electron chi connectivity index (χ1n) is 10.2. The molecule has 33 heavy (non-hydrogen) atoms. The predicted molar refractivity (Wildman–Crippen MR) is 130 cm³/mol. The van der Waals surface area contributed by atoms with Gasteiger partial charge in [-0.25, -0.2) is 4.98 Å². The van der Waals surface area contributed by atoms with Crippen LogP contribution in [0.4, 0.5) is 5.82 Å². The summed E-state index contributed by atoms with van der Waals surface area (Å²) in [4.78, 5) is 16.6. The molecule has 0 aliphatic rings. The summed E-state index contributed by atoms with van der Waals surface area (Å²) in [5, 5.41) is 14.9. The molecule has 0 unspecified atom stereocenters. The number of fused-ring (bicyclic) bond motifs is 1. The minimum atomic E-state index is -0.304. The van der Waals surface area contributed by atoms with E-state index in [1.54, 1.807) is 0 Å². The van der Waals surface area contributed by atoms with Gasteiger partial charge in [0.1, 0.15) is 30.5 Å². The molecule has 2 aromatic carbocycles. The fraction of sp³-hybridized carbons (Fsp3) is 0.167. The van der Waals surface area contributed by atoms with Crippen LogP contribution in [0.25, 0.3) is 10.1 Å². The van der Waals surface area contributed by atoms with Crippen LogP contribution in [0.2, 0.25) is 5.02 Å². The summed E-state index contributed by atoms with van der Waals surface area (Å²) >= 11 is 7.32. The Hall–Kier alpha value is -3.33. The van der Waals surface area contributed by atoms with Crippen molar-refractivity contribution in [2.24, 2.45) is 0 Å². The fourth-order valence-electron chi connectivity index (χ4n) is 3.22. The van der Waals surface area contributed by atoms with Gasteiger partial charge in [-0.05, 0) is 35.2 Å². The molecular formula is C24H22ClN3O4S. The first-order valence-corrected chi connectivity index (χ1v) is 11.4. The highest BCUT2D eigenvalue weighted by atomic mass is 35.5. The Morgan fingerprint density at radius 2 is 1.85 bits per heavy atom. The molecule has 2 heterocycles. The lowest BCUT2D eigenvalue weighted by atomic mass is 10.1. The maximum Gasteiger partial charge on any atom is 0.254 e. The predicted octanol–water partition coefficient (Wildman–Crippen LogP) is 4.41. The molecule has 1 amide bonds. The van der Waals surface area contributed by atoms with Crippen molar-refractivity contribution >= 4 is 44.7 Å². The van der Waals surface area contributed by atoms with Crippen LogP contribution < -0.4 is 20.5 Å². The van der Waals surface area contributed by atoms with Crippen molar-refractivity contribution in [3.63, 3.8) is 0 Å². The van der Waals surface area contributed by atoms with E-state index in [4.69, 9.17) is 31.9 Å². The van der Waals surface area contributed by atoms with E-state index in [2.05, 4.69) is 10.3 Å². The van der Waals surface area contributed by atoms with Gasteiger partial charge < -0.3 is 25.6 Å². The Kier molecular flexibility index (Phi) is 7.29. The highest BCUT2D eigenvalue weighted by Gasteiger charge is 2.17. The zero-order valence-electron chi connectivity index (χ0n) is 17.6. The number of nitrogens with zero attached hydrogens (tertiary/aromatic N) is 1. The number of halogens is 1. The number of aliphatic hydroxyl groups is 1. The van der Waals surface area contributed by atoms with Crippen LogP contribution in [0.3, 0.4) is 0 Å². The van der Waals surface area contributed by atoms with Gasteiger partial charge in [-0.15, -0.1) is 11.3 Å². The van der Waals surface area contributed by atoms with E-state index >= 15 is 0 Å². The molecule has 4 rings (SSSR count). The van der Waals surface area contributed by atoms with E-state index in [1.807, 2.05) is 53.9 Å². The molecule has 0 radical (unpaired) electrons. The number of aromatic nitrogens is 1. The topological polar surface area (TPSA) is 107 Å². The van der Waals surface area contributed by atoms with E-state index in [0.717, 1.165) is 15.8 Å². The Morgan fingerprint density at radius 1 is 1.12 bits per heavy atom. The van der Waals surface area contributed by atoms with Crippen LogP contribution in [-0.2, 0) is 13.2 Å². The molecule has 4 aromatic rings. The molecule has 0 saturated heterocycles. The molecule has 0 fully saturated rings. The van der Waals surface area contributed by atoms with Crippen LogP contribution >= 0.6 is 22.9 Å². The van der Waals surface area contributed by atoms with E-state index in [0.29, 0.717) is 39.9 Å². The quantitative estimate of drug-likeness (QED) is 0.325. The molecule has 4 N–H and O–H groups in total. The van der Waals surface area contributed by atoms with E-state index < -0.39 is 0 Å². The number of carbonyl (C=O) groups excluding carboxylic acids is 1. The normalized spacial score (nSPS) is 10.8. The lowest BCUT2D eigenvalue weighted by Gasteiger charge is -2.10. The van der Waals surface area contributed by atoms with Gasteiger partial charge in [-0.2, -0.15) is 0 Å². The van der Waals surface area contributed by atoms with Crippen molar-refractivity contribution in [3.05, 3.63) is 81.8 Å². The Balaban J connectivity index is 1.45. The number of anilines is 1. The fourth-order valence-corrected chi connectivity index (χ4v) is 4.42. The van der Waals surface area contributed by atoms with Gasteiger partial charge in [-0.1, -0.05) is 29.8 Å². The molecule has 0 spiro atoms. The number of thiophene rings is 1. The molecule has 0 aliphatic carbocycles. The lowest BCUT2D eigenvalue weighted by Crippen LogP contribution is -2.26. The standard InChI is InChI=1S/C24H22ClN3O4S/c25-17-6-4-15(5-7-17)12-31-18-2-1-3-19(10-18)32-13-16-14-33-22-20(24(30)27-8-9-29)11-28-23(26)21(16)22/h1-7,10-11,14,29H,8-9,12-13H2,(H2,26,28)(H,27,30). The summed E-state index contributed by atoms with van der Waals surface area (Å²) < 4.78 is 12.6. The molecular weight excluding hydrogens is 462 g/mol. The van der Waals surface area contributed by atoms with Crippen molar-refractivity contribution < 1.29 is 19.4 Å². The number of aliphatic hydroxyl groups excluding tert-OH is 1. The lowest BCUT2D eigenvalue weighted by molar-refractivity contribution is 0.0946. The summed E-state index contributed by atoms with van der Waals surface area (Å²) in [7, 11) is 0. The van der Waals surface area contributed by atoms with Gasteiger partial charge in [0.15, 0.2) is 0 Å². The number of ether oxygens (including phenoxy) is 2. The highest BCUT2D eigenvalue weighted by molar-refractivity contribution is 7.17. The summed E-state index contributed by atoms with van der Waals surface area (Å²) in [6.07, 6.45) is 1.45. The van der Waals surface area contributed by atoms with Crippen LogP contribution in [0.5, 0.6) is 11.5 Å². The number of carbonyl (C=O) groups is 1. The van der Waals surface area contributed by atoms with Gasteiger partial charge >= 0.3 is 0 Å². The highest BCUT2D eigenvalue weighted by Crippen LogP contribution is 2.33. The van der Waals surface area contributed by atoms with Crippen molar-refractivity contribution in [3.8, 4) is 11.5 Å². The minimum Gasteiger partial charge on any atom is -0.489 e. The van der Waals surface area contributed by atoms with E-state index in [1.165, 1.54) is 17.5 Å². The second kappa shape index (κ2) is 10.5. The molecule has 0 atom stereocenters. The summed E-state index contributed by atoms with van der Waals surface area (Å²) in [5.74, 6) is 1.36. The van der Waals surface area contributed by atoms with Crippen LogP contribution in [0, 0.1) is 0 Å². The summed E-state index contributed by atoms with van der Waals surface area (Å²) in [6.45, 7) is 0.707. The van der Waals surface area contributed by atoms with Gasteiger partial charge in [0, 0.05) is 34.8 Å². The average Bonchev–Trinajstić information content (AvgIpc) is 3.26. The smallest absolute Gasteiger partial charge is 0.254 e. The number of hydrogen-bond donors (Lipinski definition) is 3. The number of hydrogen-bond acceptors (Lipinski definition) is 7. The maximum absolute atomic E-state index is 12.4. The van der Waals surface area contributed by atoms with Crippen LogP contribution in [0.15, 0.2) is 60.1 Å². The molecule has 2 aromatic heterocycles. The third kappa shape index (κ3) is 5.54. The Labute approximate surface area is 199 Å². The molecule has 7 nitrogen and oxygen atoms in total. The number of benzene rings is 2. The zero-order chi connectivity index (χ0) is 23.2. The number of rotatable bonds is 9. The van der Waals surface area contributed by atoms with Crippen molar-refractivity contribution in [2.75, 3.05) is 18.9 Å². The second-order valence-electron chi connectivity index (χ2n) is 7.18. The van der Waals surface area contributed by atoms with Crippen molar-refractivity contribution in [2.45, 2.75) is 13.2 Å². The van der Waals surface area contributed by atoms with Gasteiger partial charge in [0.2, 0.25) is 0 Å². The van der Waals surface area contributed by atoms with Gasteiger partial charge in [0.05, 0.1) is 16.9 Å². The molecule has 0 saturated carbocycles. The van der Waals surface area contributed by atoms with Gasteiger partial charge in [0.25, 0.3) is 5.91 Å². The van der Waals surface area contributed by atoms with E-state index in [-0.39, 0.29) is 25.7 Å². The minimum absolute atomic E-state index is 0.136. The third-order valence-electron chi connectivity index (χ3n) is 4.86. The Morgan fingerprint density at radius 3 is 2.58 bits per heavy atom. The molecule has 9 heteroatoms. The van der Waals surface area contributed by atoms with Crippen molar-refractivity contribution in [1.82, 2.24) is 10.3 Å². The van der Waals surface area contributed by atoms with E-state index in [9.17, 15) is 4.79 Å². The number of nitrogen functional groups attached to an aromatic ring is 1. The van der Waals surface area contributed by atoms with Crippen LogP contribution in [-0.4, -0.2) is 29.1 Å². The van der Waals surface area contributed by atoms with Crippen LogP contribution in [0.1, 0.15) is 21.5 Å². The average molecular weight is 484 g/mol. The first-order chi connectivity index (χ1) is 16.0. The Bertz CT molecular complexity index is 1260. The number of nitrogens with two attached hydrogens (primary N) is 1. The largest absolute Gasteiger partial charge is 0.489 e. The zero-order valence-corrected chi connectivity index (χ0v) is 19.2. The van der Waals surface area contributed by atoms with Crippen molar-refractivity contribution in [1.29, 1.82) is 0 Å². The third-order valence-corrected chi connectivity index (χ3v) is 6.18. The maximum atomic E-state index is 12.4. The molecule has 0 bridgehead atoms. The second-order valence-corrected chi connectivity index (χ2v) is 8.50. The monoisotopic (exact) mass is 483 g/mol. The number of pyridine rings is 1. The summed E-state index contributed by atoms with van der Waals surface area (Å²) in [5.41, 5.74) is 8.37.